The first-order valence-corrected chi connectivity index (χ1v) is 14.5. The van der Waals surface area contributed by atoms with E-state index in [1.54, 1.807) is 55.6 Å². The van der Waals surface area contributed by atoms with Crippen LogP contribution in [0.1, 0.15) is 52.6 Å². The van der Waals surface area contributed by atoms with Gasteiger partial charge in [-0.3, -0.25) is 9.59 Å². The molecule has 1 aromatic heterocycles. The summed E-state index contributed by atoms with van der Waals surface area (Å²) in [5, 5.41) is 8.57. The molecule has 0 aliphatic heterocycles. The second kappa shape index (κ2) is 13.5. The van der Waals surface area contributed by atoms with E-state index in [0.29, 0.717) is 26.9 Å². The van der Waals surface area contributed by atoms with Crippen LogP contribution in [0.15, 0.2) is 72.1 Å². The molecule has 7 nitrogen and oxygen atoms in total. The predicted molar refractivity (Wildman–Crippen MR) is 164 cm³/mol. The third-order valence-corrected chi connectivity index (χ3v) is 7.59. The molecule has 41 heavy (non-hydrogen) atoms. The normalized spacial score (nSPS) is 11.4. The maximum atomic E-state index is 13.1. The van der Waals surface area contributed by atoms with Gasteiger partial charge in [-0.1, -0.05) is 48.9 Å². The fourth-order valence-electron chi connectivity index (χ4n) is 4.24. The van der Waals surface area contributed by atoms with Gasteiger partial charge in [-0.2, -0.15) is 0 Å². The maximum Gasteiger partial charge on any atom is 0.341 e. The van der Waals surface area contributed by atoms with Crippen LogP contribution < -0.4 is 15.4 Å². The number of carbonyl (C=O) groups is 3. The molecule has 4 aromatic rings. The van der Waals surface area contributed by atoms with E-state index in [1.165, 1.54) is 11.3 Å². The summed E-state index contributed by atoms with van der Waals surface area (Å²) in [7, 11) is 0. The van der Waals surface area contributed by atoms with Crippen molar-refractivity contribution in [2.45, 2.75) is 40.2 Å². The molecule has 0 aliphatic rings. The average Bonchev–Trinajstić information content (AvgIpc) is 3.38. The van der Waals surface area contributed by atoms with Crippen LogP contribution in [-0.4, -0.2) is 30.5 Å². The van der Waals surface area contributed by atoms with Gasteiger partial charge in [0.15, 0.2) is 6.10 Å². The molecule has 2 amide bonds. The number of carbonyl (C=O) groups excluding carboxylic acids is 3. The number of para-hydroxylation sites is 1. The lowest BCUT2D eigenvalue weighted by molar-refractivity contribution is -0.122. The highest BCUT2D eigenvalue weighted by Gasteiger charge is 2.23. The molecule has 9 heteroatoms. The molecule has 1 atom stereocenters. The van der Waals surface area contributed by atoms with Crippen LogP contribution in [0, 0.1) is 6.92 Å². The highest BCUT2D eigenvalue weighted by molar-refractivity contribution is 7.15. The highest BCUT2D eigenvalue weighted by atomic mass is 35.5. The molecule has 0 fully saturated rings. The Hall–Kier alpha value is -4.14. The summed E-state index contributed by atoms with van der Waals surface area (Å²) in [6, 6.07) is 19.5. The number of benzene rings is 3. The minimum absolute atomic E-state index is 0.199. The van der Waals surface area contributed by atoms with E-state index in [9.17, 15) is 14.4 Å². The number of hydrogen-bond acceptors (Lipinski definition) is 6. The van der Waals surface area contributed by atoms with E-state index in [2.05, 4.69) is 10.6 Å². The van der Waals surface area contributed by atoms with Crippen LogP contribution in [0.25, 0.3) is 11.1 Å². The van der Waals surface area contributed by atoms with Gasteiger partial charge < -0.3 is 20.1 Å². The summed E-state index contributed by atoms with van der Waals surface area (Å²) in [5.74, 6) is -0.750. The molecule has 0 bridgehead atoms. The van der Waals surface area contributed by atoms with Gasteiger partial charge in [0.1, 0.15) is 16.3 Å². The van der Waals surface area contributed by atoms with Gasteiger partial charge in [-0.05, 0) is 80.3 Å². The number of thiophene rings is 1. The molecule has 0 saturated heterocycles. The lowest BCUT2D eigenvalue weighted by atomic mass is 10.0. The summed E-state index contributed by atoms with van der Waals surface area (Å²) < 4.78 is 11.1. The van der Waals surface area contributed by atoms with E-state index >= 15 is 0 Å². The second-order valence-electron chi connectivity index (χ2n) is 9.27. The first kappa shape index (κ1) is 29.8. The zero-order valence-corrected chi connectivity index (χ0v) is 24.8. The van der Waals surface area contributed by atoms with Gasteiger partial charge in [0.25, 0.3) is 11.8 Å². The number of ether oxygens (including phenoxy) is 2. The molecule has 1 heterocycles. The molecular formula is C32H31ClN2O5S. The van der Waals surface area contributed by atoms with Gasteiger partial charge >= 0.3 is 5.97 Å². The second-order valence-corrected chi connectivity index (χ2v) is 10.6. The van der Waals surface area contributed by atoms with Crippen LogP contribution in [0.4, 0.5) is 10.7 Å². The Morgan fingerprint density at radius 2 is 1.66 bits per heavy atom. The van der Waals surface area contributed by atoms with Crippen LogP contribution >= 0.6 is 22.9 Å². The van der Waals surface area contributed by atoms with Crippen molar-refractivity contribution < 1.29 is 23.9 Å². The van der Waals surface area contributed by atoms with E-state index < -0.39 is 18.0 Å². The van der Waals surface area contributed by atoms with Gasteiger partial charge in [-0.25, -0.2) is 4.79 Å². The number of nitrogens with one attached hydrogen (secondary N) is 2. The largest absolute Gasteiger partial charge is 0.481 e. The van der Waals surface area contributed by atoms with Gasteiger partial charge in [-0.15, -0.1) is 11.3 Å². The molecular weight excluding hydrogens is 560 g/mol. The molecule has 0 unspecified atom stereocenters. The Morgan fingerprint density at radius 3 is 2.32 bits per heavy atom. The van der Waals surface area contributed by atoms with Crippen LogP contribution in [-0.2, 0) is 16.0 Å². The monoisotopic (exact) mass is 590 g/mol. The van der Waals surface area contributed by atoms with Crippen molar-refractivity contribution in [1.82, 2.24) is 0 Å². The minimum Gasteiger partial charge on any atom is -0.481 e. The van der Waals surface area contributed by atoms with Crippen molar-refractivity contribution in [2.75, 3.05) is 17.2 Å². The maximum absolute atomic E-state index is 13.1. The lowest BCUT2D eigenvalue weighted by Gasteiger charge is -2.18. The van der Waals surface area contributed by atoms with E-state index in [1.807, 2.05) is 44.2 Å². The summed E-state index contributed by atoms with van der Waals surface area (Å²) in [6.45, 7) is 7.59. The lowest BCUT2D eigenvalue weighted by Crippen LogP contribution is -2.30. The summed E-state index contributed by atoms with van der Waals surface area (Å²) in [5.41, 5.74) is 4.91. The molecule has 2 N–H and O–H groups in total. The Bertz CT molecular complexity index is 1550. The van der Waals surface area contributed by atoms with Gasteiger partial charge in [0.2, 0.25) is 0 Å². The van der Waals surface area contributed by atoms with E-state index in [0.717, 1.165) is 28.8 Å². The molecule has 0 aliphatic carbocycles. The quantitative estimate of drug-likeness (QED) is 0.184. The van der Waals surface area contributed by atoms with Crippen molar-refractivity contribution in [3.05, 3.63) is 99.4 Å². The molecule has 212 valence electrons. The zero-order chi connectivity index (χ0) is 29.5. The minimum atomic E-state index is -0.761. The van der Waals surface area contributed by atoms with Crippen LogP contribution in [0.3, 0.4) is 0 Å². The smallest absolute Gasteiger partial charge is 0.341 e. The Morgan fingerprint density at radius 1 is 0.951 bits per heavy atom. The van der Waals surface area contributed by atoms with Gasteiger partial charge in [0, 0.05) is 27.2 Å². The Kier molecular flexibility index (Phi) is 9.81. The Balaban J connectivity index is 1.45. The van der Waals surface area contributed by atoms with E-state index in [-0.39, 0.29) is 18.1 Å². The summed E-state index contributed by atoms with van der Waals surface area (Å²) in [6.07, 6.45) is 0.0363. The number of hydrogen-bond donors (Lipinski definition) is 2. The fraction of sp³-hybridized carbons (Fsp3) is 0.219. The summed E-state index contributed by atoms with van der Waals surface area (Å²) >= 11 is 7.26. The molecule has 0 spiro atoms. The standard InChI is InChI=1S/C32H31ClN2O5S/c1-5-21-9-7-8-19(3)28(21)34-29(36)20(4)40-25-16-12-23(13-17-25)30(37)35-31-27(32(38)39-6-2)26(18-41-31)22-10-14-24(33)15-11-22/h7-18,20H,5-6H2,1-4H3,(H,34,36)(H,35,37)/t20-/m1/s1. The van der Waals surface area contributed by atoms with Crippen molar-refractivity contribution in [1.29, 1.82) is 0 Å². The summed E-state index contributed by atoms with van der Waals surface area (Å²) in [4.78, 5) is 38.8. The zero-order valence-electron chi connectivity index (χ0n) is 23.2. The van der Waals surface area contributed by atoms with Crippen molar-refractivity contribution in [3.8, 4) is 16.9 Å². The topological polar surface area (TPSA) is 93.7 Å². The predicted octanol–water partition coefficient (Wildman–Crippen LogP) is 7.77. The Labute approximate surface area is 248 Å². The first-order chi connectivity index (χ1) is 19.7. The number of halogens is 1. The number of aryl methyl sites for hydroxylation is 2. The number of rotatable bonds is 10. The van der Waals surface area contributed by atoms with Crippen LogP contribution in [0.2, 0.25) is 5.02 Å². The van der Waals surface area contributed by atoms with Crippen molar-refractivity contribution >= 4 is 51.4 Å². The molecule has 3 aromatic carbocycles. The molecule has 4 rings (SSSR count). The fourth-order valence-corrected chi connectivity index (χ4v) is 5.32. The first-order valence-electron chi connectivity index (χ1n) is 13.2. The van der Waals surface area contributed by atoms with Crippen molar-refractivity contribution in [2.24, 2.45) is 0 Å². The SMILES string of the molecule is CCOC(=O)c1c(-c2ccc(Cl)cc2)csc1NC(=O)c1ccc(O[C@H](C)C(=O)Nc2c(C)cccc2CC)cc1. The average molecular weight is 591 g/mol. The molecule has 0 saturated carbocycles. The van der Waals surface area contributed by atoms with Crippen molar-refractivity contribution in [3.63, 3.8) is 0 Å². The number of esters is 1. The van der Waals surface area contributed by atoms with Gasteiger partial charge in [0.05, 0.1) is 6.61 Å². The number of amides is 2. The molecule has 0 radical (unpaired) electrons. The number of anilines is 2. The van der Waals surface area contributed by atoms with E-state index in [4.69, 9.17) is 21.1 Å². The third-order valence-electron chi connectivity index (χ3n) is 6.44. The highest BCUT2D eigenvalue weighted by Crippen LogP contribution is 2.37. The third kappa shape index (κ3) is 7.14. The van der Waals surface area contributed by atoms with Crippen LogP contribution in [0.5, 0.6) is 5.75 Å².